The highest BCUT2D eigenvalue weighted by Gasteiger charge is 2.90. The molecule has 5 heteroatoms. The van der Waals surface area contributed by atoms with Crippen LogP contribution in [0.5, 0.6) is 0 Å². The number of rotatable bonds is 2. The van der Waals surface area contributed by atoms with Crippen molar-refractivity contribution in [1.82, 2.24) is 0 Å². The van der Waals surface area contributed by atoms with Crippen molar-refractivity contribution in [3.63, 3.8) is 0 Å². The fourth-order valence-corrected chi connectivity index (χ4v) is 6.30. The molecule has 0 aromatic heterocycles. The van der Waals surface area contributed by atoms with E-state index in [-0.39, 0.29) is 24.1 Å². The summed E-state index contributed by atoms with van der Waals surface area (Å²) < 4.78 is 5.21. The summed E-state index contributed by atoms with van der Waals surface area (Å²) in [7, 11) is 0. The van der Waals surface area contributed by atoms with Crippen LogP contribution in [-0.4, -0.2) is 35.4 Å². The quantitative estimate of drug-likeness (QED) is 0.618. The Morgan fingerprint density at radius 3 is 2.57 bits per heavy atom. The highest BCUT2D eigenvalue weighted by atomic mass is 16.5. The lowest BCUT2D eigenvalue weighted by Crippen LogP contribution is -2.62. The van der Waals surface area contributed by atoms with Crippen molar-refractivity contribution in [2.75, 3.05) is 6.61 Å². The Labute approximate surface area is 135 Å². The summed E-state index contributed by atoms with van der Waals surface area (Å²) in [6.07, 6.45) is 1.99. The second-order valence-corrected chi connectivity index (χ2v) is 8.41. The zero-order valence-electron chi connectivity index (χ0n) is 14.0. The topological polar surface area (TPSA) is 80.7 Å². The molecule has 5 nitrogen and oxygen atoms in total. The maximum atomic E-state index is 13.4. The summed E-state index contributed by atoms with van der Waals surface area (Å²) in [5.41, 5.74) is -3.47. The minimum absolute atomic E-state index is 0.0834. The number of ether oxygens (including phenoxy) is 1. The number of hydrogen-bond acceptors (Lipinski definition) is 5. The van der Waals surface area contributed by atoms with Crippen molar-refractivity contribution in [1.29, 1.82) is 0 Å². The molecular weight excluding hydrogens is 296 g/mol. The first-order valence-electron chi connectivity index (χ1n) is 8.67. The summed E-state index contributed by atoms with van der Waals surface area (Å²) >= 11 is 0. The van der Waals surface area contributed by atoms with Gasteiger partial charge in [0.05, 0.1) is 23.5 Å². The van der Waals surface area contributed by atoms with E-state index in [4.69, 9.17) is 4.74 Å². The number of carbonyl (C=O) groups is 3. The maximum Gasteiger partial charge on any atom is 0.320 e. The van der Waals surface area contributed by atoms with Gasteiger partial charge in [0.2, 0.25) is 0 Å². The standard InChI is InChI=1S/C18H24O5/c1-4-23-14(22)18-9-16(18,3)10-5-7-15(2)11(19)6-8-17(10,12(15)20)13(18)21/h10-11,19H,4-9H2,1-3H3/t10-,11+,15-,16?,17+,18?/m0/s1. The summed E-state index contributed by atoms with van der Waals surface area (Å²) in [5.74, 6) is -0.863. The van der Waals surface area contributed by atoms with Crippen molar-refractivity contribution < 1.29 is 24.2 Å². The van der Waals surface area contributed by atoms with E-state index in [1.54, 1.807) is 13.8 Å². The first-order chi connectivity index (χ1) is 10.7. The molecule has 6 atom stereocenters. The third-order valence-corrected chi connectivity index (χ3v) is 7.69. The Morgan fingerprint density at radius 2 is 1.91 bits per heavy atom. The van der Waals surface area contributed by atoms with E-state index in [9.17, 15) is 19.5 Å². The molecule has 0 heterocycles. The van der Waals surface area contributed by atoms with E-state index >= 15 is 0 Å². The Hall–Kier alpha value is -1.23. The summed E-state index contributed by atoms with van der Waals surface area (Å²) in [5, 5.41) is 10.3. The van der Waals surface area contributed by atoms with Crippen LogP contribution in [0.25, 0.3) is 0 Å². The molecule has 4 saturated carbocycles. The smallest absolute Gasteiger partial charge is 0.320 e. The lowest BCUT2D eigenvalue weighted by atomic mass is 9.48. The molecule has 0 aliphatic heterocycles. The van der Waals surface area contributed by atoms with Crippen LogP contribution < -0.4 is 0 Å². The number of aliphatic hydroxyl groups excluding tert-OH is 1. The largest absolute Gasteiger partial charge is 0.465 e. The molecule has 0 amide bonds. The van der Waals surface area contributed by atoms with Gasteiger partial charge in [-0.2, -0.15) is 0 Å². The highest BCUT2D eigenvalue weighted by Crippen LogP contribution is 2.82. The second kappa shape index (κ2) is 4.05. The predicted molar refractivity (Wildman–Crippen MR) is 80.3 cm³/mol. The van der Waals surface area contributed by atoms with Crippen molar-refractivity contribution in [2.24, 2.45) is 27.6 Å². The second-order valence-electron chi connectivity index (χ2n) is 8.41. The highest BCUT2D eigenvalue weighted by molar-refractivity contribution is 6.23. The average Bonchev–Trinajstić information content (AvgIpc) is 3.10. The number of esters is 1. The predicted octanol–water partition coefficient (Wildman–Crippen LogP) is 1.66. The SMILES string of the molecule is CCOC(=O)C12CC1(C)[C@@H]1CC[C@]3(C)C(=O)[C@]1(CC[C@H]3O)C2=O. The number of hydrogen-bond donors (Lipinski definition) is 1. The summed E-state index contributed by atoms with van der Waals surface area (Å²) in [6.45, 7) is 5.74. The summed E-state index contributed by atoms with van der Waals surface area (Å²) in [4.78, 5) is 39.2. The van der Waals surface area contributed by atoms with Gasteiger partial charge in [0.1, 0.15) is 5.41 Å². The molecule has 0 aromatic rings. The molecule has 1 spiro atoms. The van der Waals surface area contributed by atoms with E-state index in [0.717, 1.165) is 6.42 Å². The minimum Gasteiger partial charge on any atom is -0.465 e. The van der Waals surface area contributed by atoms with Crippen LogP contribution >= 0.6 is 0 Å². The van der Waals surface area contributed by atoms with Crippen LogP contribution in [0, 0.1) is 27.6 Å². The van der Waals surface area contributed by atoms with Crippen molar-refractivity contribution in [3.8, 4) is 0 Å². The van der Waals surface area contributed by atoms with E-state index in [1.165, 1.54) is 0 Å². The molecule has 4 fully saturated rings. The first kappa shape index (κ1) is 15.3. The fraction of sp³-hybridized carbons (Fsp3) is 0.833. The third kappa shape index (κ3) is 1.31. The summed E-state index contributed by atoms with van der Waals surface area (Å²) in [6, 6.07) is 0. The lowest BCUT2D eigenvalue weighted by molar-refractivity contribution is -0.172. The molecule has 0 radical (unpaired) electrons. The van der Waals surface area contributed by atoms with E-state index in [0.29, 0.717) is 25.7 Å². The molecule has 1 N–H and O–H groups in total. The zero-order valence-corrected chi connectivity index (χ0v) is 14.0. The zero-order chi connectivity index (χ0) is 16.8. The molecule has 2 unspecified atom stereocenters. The van der Waals surface area contributed by atoms with Gasteiger partial charge in [-0.15, -0.1) is 0 Å². The van der Waals surface area contributed by atoms with Crippen molar-refractivity contribution >= 4 is 17.5 Å². The molecule has 4 rings (SSSR count). The first-order valence-corrected chi connectivity index (χ1v) is 8.67. The minimum atomic E-state index is -1.11. The lowest BCUT2D eigenvalue weighted by Gasteiger charge is -2.53. The number of aliphatic hydroxyl groups is 1. The molecule has 4 aliphatic carbocycles. The molecular formula is C18H24O5. The van der Waals surface area contributed by atoms with E-state index < -0.39 is 33.7 Å². The van der Waals surface area contributed by atoms with Crippen LogP contribution in [0.4, 0.5) is 0 Å². The average molecular weight is 320 g/mol. The monoisotopic (exact) mass is 320 g/mol. The van der Waals surface area contributed by atoms with Crippen LogP contribution in [0.3, 0.4) is 0 Å². The normalized spacial score (nSPS) is 53.6. The maximum absolute atomic E-state index is 13.4. The van der Waals surface area contributed by atoms with Gasteiger partial charge in [-0.1, -0.05) is 13.8 Å². The van der Waals surface area contributed by atoms with Gasteiger partial charge in [0.25, 0.3) is 0 Å². The van der Waals surface area contributed by atoms with Crippen molar-refractivity contribution in [2.45, 2.75) is 59.0 Å². The van der Waals surface area contributed by atoms with Gasteiger partial charge in [0, 0.05) is 0 Å². The number of ketones is 2. The van der Waals surface area contributed by atoms with Gasteiger partial charge >= 0.3 is 5.97 Å². The fourth-order valence-electron chi connectivity index (χ4n) is 6.30. The number of Topliss-reactive ketones (excluding diaryl/α,β-unsaturated/α-hetero) is 2. The Morgan fingerprint density at radius 1 is 1.22 bits per heavy atom. The van der Waals surface area contributed by atoms with E-state index in [1.807, 2.05) is 6.92 Å². The number of carbonyl (C=O) groups excluding carboxylic acids is 3. The van der Waals surface area contributed by atoms with Gasteiger partial charge < -0.3 is 9.84 Å². The van der Waals surface area contributed by atoms with E-state index in [2.05, 4.69) is 0 Å². The molecule has 4 aliphatic rings. The van der Waals surface area contributed by atoms with Crippen molar-refractivity contribution in [3.05, 3.63) is 0 Å². The molecule has 0 aromatic carbocycles. The van der Waals surface area contributed by atoms with Crippen LogP contribution in [-0.2, 0) is 19.1 Å². The molecule has 126 valence electrons. The molecule has 23 heavy (non-hydrogen) atoms. The van der Waals surface area contributed by atoms with Gasteiger partial charge in [-0.25, -0.2) is 0 Å². The molecule has 0 saturated heterocycles. The van der Waals surface area contributed by atoms with Crippen LogP contribution in [0.1, 0.15) is 52.9 Å². The molecule has 2 bridgehead atoms. The van der Waals surface area contributed by atoms with Crippen LogP contribution in [0.15, 0.2) is 0 Å². The number of fused-ring (bicyclic) bond motifs is 3. The van der Waals surface area contributed by atoms with Gasteiger partial charge in [0.15, 0.2) is 11.6 Å². The van der Waals surface area contributed by atoms with Crippen LogP contribution in [0.2, 0.25) is 0 Å². The Bertz CT molecular complexity index is 641. The van der Waals surface area contributed by atoms with Gasteiger partial charge in [-0.3, -0.25) is 14.4 Å². The third-order valence-electron chi connectivity index (χ3n) is 7.69. The Balaban J connectivity index is 1.84. The van der Waals surface area contributed by atoms with Gasteiger partial charge in [-0.05, 0) is 50.4 Å². The Kier molecular flexibility index (Phi) is 2.70.